The zero-order chi connectivity index (χ0) is 14.5. The second-order valence-corrected chi connectivity index (χ2v) is 6.94. The number of hydrogen-bond acceptors (Lipinski definition) is 4. The molecule has 1 saturated heterocycles. The van der Waals surface area contributed by atoms with Gasteiger partial charge in [0.05, 0.1) is 11.2 Å². The first-order chi connectivity index (χ1) is 9.56. The van der Waals surface area contributed by atoms with E-state index < -0.39 is 0 Å². The molecule has 0 aliphatic carbocycles. The average molecular weight is 295 g/mol. The molecule has 1 aliphatic rings. The molecule has 2 atom stereocenters. The Morgan fingerprint density at radius 3 is 2.75 bits per heavy atom. The molecule has 1 aliphatic heterocycles. The van der Waals surface area contributed by atoms with E-state index in [1.165, 1.54) is 30.8 Å². The lowest BCUT2D eigenvalue weighted by Crippen LogP contribution is -2.40. The first kappa shape index (κ1) is 15.4. The summed E-state index contributed by atoms with van der Waals surface area (Å²) in [6.45, 7) is 10.8. The van der Waals surface area contributed by atoms with E-state index in [1.807, 2.05) is 6.92 Å². The van der Waals surface area contributed by atoms with Crippen molar-refractivity contribution in [1.82, 2.24) is 15.2 Å². The Morgan fingerprint density at radius 1 is 1.45 bits per heavy atom. The third kappa shape index (κ3) is 4.28. The van der Waals surface area contributed by atoms with E-state index in [-0.39, 0.29) is 5.91 Å². The smallest absolute Gasteiger partial charge is 0.263 e. The van der Waals surface area contributed by atoms with E-state index in [0.29, 0.717) is 0 Å². The predicted octanol–water partition coefficient (Wildman–Crippen LogP) is 2.55. The highest BCUT2D eigenvalue weighted by atomic mass is 32.1. The normalized spacial score (nSPS) is 23.8. The number of rotatable bonds is 5. The maximum atomic E-state index is 11.9. The summed E-state index contributed by atoms with van der Waals surface area (Å²) in [7, 11) is 0. The van der Waals surface area contributed by atoms with E-state index >= 15 is 0 Å². The van der Waals surface area contributed by atoms with E-state index in [4.69, 9.17) is 0 Å². The lowest BCUT2D eigenvalue weighted by molar-refractivity contribution is 0.0950. The standard InChI is InChI=1S/C15H25N3OS/c1-11-7-12(2)9-18(8-11)6-4-5-16-15(19)14-13(3)17-10-20-14/h10-12H,4-9H2,1-3H3,(H,16,19)/t11-,12+. The van der Waals surface area contributed by atoms with Crippen LogP contribution in [0.5, 0.6) is 0 Å². The van der Waals surface area contributed by atoms with Crippen molar-refractivity contribution >= 4 is 17.2 Å². The van der Waals surface area contributed by atoms with Crippen molar-refractivity contribution in [3.8, 4) is 0 Å². The number of nitrogens with zero attached hydrogens (tertiary/aromatic N) is 2. The molecule has 1 amide bonds. The van der Waals surface area contributed by atoms with Crippen LogP contribution in [0, 0.1) is 18.8 Å². The molecule has 112 valence electrons. The molecule has 0 spiro atoms. The SMILES string of the molecule is Cc1ncsc1C(=O)NCCCN1C[C@H](C)C[C@H](C)C1. The summed E-state index contributed by atoms with van der Waals surface area (Å²) in [4.78, 5) is 19.3. The van der Waals surface area contributed by atoms with Gasteiger partial charge in [-0.1, -0.05) is 13.8 Å². The summed E-state index contributed by atoms with van der Waals surface area (Å²) in [5.74, 6) is 1.62. The van der Waals surface area contributed by atoms with Crippen LogP contribution in [0.3, 0.4) is 0 Å². The molecule has 0 radical (unpaired) electrons. The van der Waals surface area contributed by atoms with Crippen LogP contribution in [0.1, 0.15) is 42.1 Å². The van der Waals surface area contributed by atoms with E-state index in [2.05, 4.69) is 29.0 Å². The van der Waals surface area contributed by atoms with Gasteiger partial charge in [0.25, 0.3) is 5.91 Å². The fourth-order valence-corrected chi connectivity index (χ4v) is 3.80. The molecule has 20 heavy (non-hydrogen) atoms. The molecule has 0 bridgehead atoms. The fraction of sp³-hybridized carbons (Fsp3) is 0.733. The minimum atomic E-state index is 0.0189. The summed E-state index contributed by atoms with van der Waals surface area (Å²) >= 11 is 1.41. The Kier molecular flexibility index (Phi) is 5.54. The van der Waals surface area contributed by atoms with Crippen LogP contribution in [-0.2, 0) is 0 Å². The molecule has 5 heteroatoms. The Bertz CT molecular complexity index is 436. The van der Waals surface area contributed by atoms with Crippen molar-refractivity contribution < 1.29 is 4.79 Å². The van der Waals surface area contributed by atoms with Crippen molar-refractivity contribution in [2.45, 2.75) is 33.6 Å². The second-order valence-electron chi connectivity index (χ2n) is 6.08. The maximum absolute atomic E-state index is 11.9. The van der Waals surface area contributed by atoms with Gasteiger partial charge in [-0.3, -0.25) is 4.79 Å². The lowest BCUT2D eigenvalue weighted by atomic mass is 9.92. The zero-order valence-corrected chi connectivity index (χ0v) is 13.5. The average Bonchev–Trinajstić information content (AvgIpc) is 2.79. The van der Waals surface area contributed by atoms with E-state index in [9.17, 15) is 4.79 Å². The number of hydrogen-bond donors (Lipinski definition) is 1. The largest absolute Gasteiger partial charge is 0.351 e. The number of piperidine rings is 1. The topological polar surface area (TPSA) is 45.2 Å². The van der Waals surface area contributed by atoms with Gasteiger partial charge < -0.3 is 10.2 Å². The van der Waals surface area contributed by atoms with Gasteiger partial charge in [0, 0.05) is 19.6 Å². The molecule has 1 N–H and O–H groups in total. The van der Waals surface area contributed by atoms with Crippen LogP contribution in [0.15, 0.2) is 5.51 Å². The molecule has 1 fully saturated rings. The molecular weight excluding hydrogens is 270 g/mol. The van der Waals surface area contributed by atoms with Gasteiger partial charge in [-0.15, -0.1) is 11.3 Å². The first-order valence-electron chi connectivity index (χ1n) is 7.47. The predicted molar refractivity (Wildman–Crippen MR) is 83.2 cm³/mol. The molecule has 4 nitrogen and oxygen atoms in total. The summed E-state index contributed by atoms with van der Waals surface area (Å²) < 4.78 is 0. The van der Waals surface area contributed by atoms with Gasteiger partial charge in [-0.05, 0) is 38.1 Å². The van der Waals surface area contributed by atoms with Crippen LogP contribution in [0.2, 0.25) is 0 Å². The number of aryl methyl sites for hydroxylation is 1. The van der Waals surface area contributed by atoms with Crippen LogP contribution in [-0.4, -0.2) is 42.0 Å². The van der Waals surface area contributed by atoms with Gasteiger partial charge >= 0.3 is 0 Å². The molecule has 0 saturated carbocycles. The van der Waals surface area contributed by atoms with Crippen LogP contribution >= 0.6 is 11.3 Å². The Labute approximate surface area is 125 Å². The minimum absolute atomic E-state index is 0.0189. The molecule has 2 rings (SSSR count). The van der Waals surface area contributed by atoms with Crippen LogP contribution in [0.25, 0.3) is 0 Å². The first-order valence-corrected chi connectivity index (χ1v) is 8.35. The summed E-state index contributed by atoms with van der Waals surface area (Å²) in [5.41, 5.74) is 2.55. The molecule has 1 aromatic heterocycles. The van der Waals surface area contributed by atoms with Gasteiger partial charge in [0.15, 0.2) is 0 Å². The monoisotopic (exact) mass is 295 g/mol. The number of nitrogens with one attached hydrogen (secondary N) is 1. The highest BCUT2D eigenvalue weighted by Crippen LogP contribution is 2.20. The van der Waals surface area contributed by atoms with Crippen molar-refractivity contribution in [3.05, 3.63) is 16.1 Å². The Morgan fingerprint density at radius 2 is 2.15 bits per heavy atom. The molecular formula is C15H25N3OS. The molecule has 0 aromatic carbocycles. The summed E-state index contributed by atoms with van der Waals surface area (Å²) in [6.07, 6.45) is 2.36. The minimum Gasteiger partial charge on any atom is -0.351 e. The Balaban J connectivity index is 1.66. The maximum Gasteiger partial charge on any atom is 0.263 e. The second kappa shape index (κ2) is 7.18. The van der Waals surface area contributed by atoms with Gasteiger partial charge in [0.2, 0.25) is 0 Å². The quantitative estimate of drug-likeness (QED) is 0.849. The van der Waals surface area contributed by atoms with E-state index in [0.717, 1.165) is 41.9 Å². The van der Waals surface area contributed by atoms with Crippen molar-refractivity contribution in [2.75, 3.05) is 26.2 Å². The highest BCUT2D eigenvalue weighted by Gasteiger charge is 2.21. The summed E-state index contributed by atoms with van der Waals surface area (Å²) in [5, 5.41) is 2.99. The van der Waals surface area contributed by atoms with Gasteiger partial charge in [0.1, 0.15) is 4.88 Å². The van der Waals surface area contributed by atoms with Gasteiger partial charge in [-0.25, -0.2) is 4.98 Å². The van der Waals surface area contributed by atoms with Crippen LogP contribution < -0.4 is 5.32 Å². The molecule has 2 heterocycles. The number of carbonyl (C=O) groups excluding carboxylic acids is 1. The number of likely N-dealkylation sites (tertiary alicyclic amines) is 1. The molecule has 1 aromatic rings. The Hall–Kier alpha value is -0.940. The number of amides is 1. The lowest BCUT2D eigenvalue weighted by Gasteiger charge is -2.34. The van der Waals surface area contributed by atoms with Crippen molar-refractivity contribution in [2.24, 2.45) is 11.8 Å². The third-order valence-electron chi connectivity index (χ3n) is 3.83. The number of carbonyl (C=O) groups is 1. The van der Waals surface area contributed by atoms with Gasteiger partial charge in [-0.2, -0.15) is 0 Å². The number of aromatic nitrogens is 1. The van der Waals surface area contributed by atoms with Crippen molar-refractivity contribution in [3.63, 3.8) is 0 Å². The third-order valence-corrected chi connectivity index (χ3v) is 4.76. The summed E-state index contributed by atoms with van der Waals surface area (Å²) in [6, 6.07) is 0. The van der Waals surface area contributed by atoms with Crippen LogP contribution in [0.4, 0.5) is 0 Å². The highest BCUT2D eigenvalue weighted by molar-refractivity contribution is 7.11. The zero-order valence-electron chi connectivity index (χ0n) is 12.7. The fourth-order valence-electron chi connectivity index (χ4n) is 3.08. The molecule has 0 unspecified atom stereocenters. The van der Waals surface area contributed by atoms with E-state index in [1.54, 1.807) is 5.51 Å². The number of thiazole rings is 1. The van der Waals surface area contributed by atoms with Crippen molar-refractivity contribution in [1.29, 1.82) is 0 Å².